The van der Waals surface area contributed by atoms with Gasteiger partial charge in [0.15, 0.2) is 5.82 Å². The quantitative estimate of drug-likeness (QED) is 0.775. The van der Waals surface area contributed by atoms with E-state index >= 15 is 0 Å². The van der Waals surface area contributed by atoms with Crippen LogP contribution in [-0.2, 0) is 17.8 Å². The van der Waals surface area contributed by atoms with Crippen molar-refractivity contribution in [1.29, 1.82) is 0 Å². The molecule has 23 heavy (non-hydrogen) atoms. The number of carbonyl (C=O) groups excluding carboxylic acids is 1. The molecule has 0 spiro atoms. The van der Waals surface area contributed by atoms with Crippen LogP contribution >= 0.6 is 11.3 Å². The fraction of sp³-hybridized carbons (Fsp3) is 0.188. The summed E-state index contributed by atoms with van der Waals surface area (Å²) in [5.74, 6) is 0.337. The van der Waals surface area contributed by atoms with E-state index in [9.17, 15) is 4.79 Å². The number of anilines is 1. The van der Waals surface area contributed by atoms with Crippen molar-refractivity contribution >= 4 is 23.1 Å². The number of rotatable bonds is 3. The van der Waals surface area contributed by atoms with Gasteiger partial charge in [0, 0.05) is 23.2 Å². The SMILES string of the molecule is O=C(Nc1n[nH]c2c1COCC2)c1cnc(-c2ccccc2)s1. The Hall–Kier alpha value is -2.51. The lowest BCUT2D eigenvalue weighted by molar-refractivity contribution is 0.102. The smallest absolute Gasteiger partial charge is 0.268 e. The summed E-state index contributed by atoms with van der Waals surface area (Å²) in [7, 11) is 0. The average Bonchev–Trinajstić information content (AvgIpc) is 3.24. The highest BCUT2D eigenvalue weighted by atomic mass is 32.1. The summed E-state index contributed by atoms with van der Waals surface area (Å²) in [6.45, 7) is 1.15. The maximum absolute atomic E-state index is 12.4. The molecule has 2 aromatic heterocycles. The molecule has 3 heterocycles. The molecule has 0 saturated carbocycles. The monoisotopic (exact) mass is 326 g/mol. The van der Waals surface area contributed by atoms with E-state index in [-0.39, 0.29) is 5.91 Å². The predicted octanol–water partition coefficient (Wildman–Crippen LogP) is 2.86. The van der Waals surface area contributed by atoms with Crippen LogP contribution in [0, 0.1) is 0 Å². The van der Waals surface area contributed by atoms with E-state index in [1.54, 1.807) is 6.20 Å². The summed E-state index contributed by atoms with van der Waals surface area (Å²) < 4.78 is 5.42. The molecule has 116 valence electrons. The number of aromatic nitrogens is 3. The first-order valence-corrected chi connectivity index (χ1v) is 8.09. The summed E-state index contributed by atoms with van der Waals surface area (Å²) >= 11 is 1.36. The maximum atomic E-state index is 12.4. The van der Waals surface area contributed by atoms with Gasteiger partial charge in [-0.1, -0.05) is 30.3 Å². The van der Waals surface area contributed by atoms with Crippen molar-refractivity contribution in [1.82, 2.24) is 15.2 Å². The first-order chi connectivity index (χ1) is 11.3. The van der Waals surface area contributed by atoms with E-state index < -0.39 is 0 Å². The fourth-order valence-electron chi connectivity index (χ4n) is 2.48. The highest BCUT2D eigenvalue weighted by Crippen LogP contribution is 2.27. The molecule has 1 aliphatic heterocycles. The Morgan fingerprint density at radius 1 is 1.30 bits per heavy atom. The molecule has 1 amide bonds. The van der Waals surface area contributed by atoms with E-state index in [2.05, 4.69) is 20.5 Å². The van der Waals surface area contributed by atoms with Crippen LogP contribution in [-0.4, -0.2) is 27.7 Å². The topological polar surface area (TPSA) is 79.9 Å². The lowest BCUT2D eigenvalue weighted by atomic mass is 10.1. The van der Waals surface area contributed by atoms with Crippen LogP contribution in [0.2, 0.25) is 0 Å². The Labute approximate surface area is 136 Å². The first-order valence-electron chi connectivity index (χ1n) is 7.28. The zero-order valence-corrected chi connectivity index (χ0v) is 13.0. The second-order valence-corrected chi connectivity index (χ2v) is 6.21. The number of carbonyl (C=O) groups is 1. The van der Waals surface area contributed by atoms with Crippen molar-refractivity contribution < 1.29 is 9.53 Å². The third-order valence-corrected chi connectivity index (χ3v) is 4.72. The van der Waals surface area contributed by atoms with Gasteiger partial charge in [-0.3, -0.25) is 9.89 Å². The minimum Gasteiger partial charge on any atom is -0.376 e. The zero-order valence-electron chi connectivity index (χ0n) is 12.2. The molecule has 3 aromatic rings. The van der Waals surface area contributed by atoms with E-state index in [0.717, 1.165) is 28.2 Å². The summed E-state index contributed by atoms with van der Waals surface area (Å²) in [5.41, 5.74) is 2.96. The molecule has 0 saturated heterocycles. The lowest BCUT2D eigenvalue weighted by Crippen LogP contribution is -2.14. The van der Waals surface area contributed by atoms with Crippen molar-refractivity contribution in [2.24, 2.45) is 0 Å². The highest BCUT2D eigenvalue weighted by Gasteiger charge is 2.20. The molecule has 0 aliphatic carbocycles. The second-order valence-electron chi connectivity index (χ2n) is 5.18. The maximum Gasteiger partial charge on any atom is 0.268 e. The minimum absolute atomic E-state index is 0.204. The van der Waals surface area contributed by atoms with Crippen LogP contribution in [0.15, 0.2) is 36.5 Å². The van der Waals surface area contributed by atoms with E-state index in [1.807, 2.05) is 30.3 Å². The zero-order chi connectivity index (χ0) is 15.6. The number of amides is 1. The number of H-pyrrole nitrogens is 1. The molecule has 4 rings (SSSR count). The van der Waals surface area contributed by atoms with Crippen LogP contribution in [0.3, 0.4) is 0 Å². The third-order valence-electron chi connectivity index (χ3n) is 3.68. The van der Waals surface area contributed by atoms with Gasteiger partial charge < -0.3 is 10.1 Å². The number of hydrogen-bond donors (Lipinski definition) is 2. The Balaban J connectivity index is 1.54. The predicted molar refractivity (Wildman–Crippen MR) is 87.5 cm³/mol. The van der Waals surface area contributed by atoms with Gasteiger partial charge in [0.25, 0.3) is 5.91 Å². The number of fused-ring (bicyclic) bond motifs is 1. The van der Waals surface area contributed by atoms with E-state index in [1.165, 1.54) is 11.3 Å². The Bertz CT molecular complexity index is 841. The number of nitrogens with one attached hydrogen (secondary N) is 2. The fourth-order valence-corrected chi connectivity index (χ4v) is 3.29. The third kappa shape index (κ3) is 2.76. The molecule has 0 radical (unpaired) electrons. The molecule has 2 N–H and O–H groups in total. The number of hydrogen-bond acceptors (Lipinski definition) is 5. The number of benzene rings is 1. The van der Waals surface area contributed by atoms with Crippen LogP contribution in [0.5, 0.6) is 0 Å². The van der Waals surface area contributed by atoms with Gasteiger partial charge in [0.1, 0.15) is 9.88 Å². The number of nitrogens with zero attached hydrogens (tertiary/aromatic N) is 2. The Morgan fingerprint density at radius 2 is 2.17 bits per heavy atom. The minimum atomic E-state index is -0.204. The molecule has 1 aliphatic rings. The normalized spacial score (nSPS) is 13.6. The van der Waals surface area contributed by atoms with Crippen molar-refractivity contribution in [2.75, 3.05) is 11.9 Å². The first kappa shape index (κ1) is 14.1. The molecule has 0 atom stereocenters. The molecular formula is C16H14N4O2S. The van der Waals surface area contributed by atoms with Crippen LogP contribution in [0.25, 0.3) is 10.6 Å². The summed E-state index contributed by atoms with van der Waals surface area (Å²) in [5, 5.41) is 10.8. The van der Waals surface area contributed by atoms with Gasteiger partial charge >= 0.3 is 0 Å². The molecule has 1 aromatic carbocycles. The van der Waals surface area contributed by atoms with Gasteiger partial charge in [-0.25, -0.2) is 4.98 Å². The lowest BCUT2D eigenvalue weighted by Gasteiger charge is -2.12. The molecular weight excluding hydrogens is 312 g/mol. The van der Waals surface area contributed by atoms with Crippen molar-refractivity contribution in [3.8, 4) is 10.6 Å². The molecule has 0 unspecified atom stereocenters. The number of ether oxygens (including phenoxy) is 1. The summed E-state index contributed by atoms with van der Waals surface area (Å²) in [6.07, 6.45) is 2.38. The van der Waals surface area contributed by atoms with Gasteiger partial charge in [0.05, 0.1) is 19.4 Å². The molecule has 7 heteroatoms. The van der Waals surface area contributed by atoms with Gasteiger partial charge in [-0.05, 0) is 0 Å². The van der Waals surface area contributed by atoms with Crippen molar-refractivity contribution in [3.63, 3.8) is 0 Å². The summed E-state index contributed by atoms with van der Waals surface area (Å²) in [4.78, 5) is 17.3. The van der Waals surface area contributed by atoms with Crippen LogP contribution in [0.4, 0.5) is 5.82 Å². The largest absolute Gasteiger partial charge is 0.376 e. The van der Waals surface area contributed by atoms with Crippen LogP contribution < -0.4 is 5.32 Å². The Kier molecular flexibility index (Phi) is 3.64. The van der Waals surface area contributed by atoms with Gasteiger partial charge in [-0.2, -0.15) is 5.10 Å². The van der Waals surface area contributed by atoms with E-state index in [0.29, 0.717) is 23.9 Å². The molecule has 0 fully saturated rings. The average molecular weight is 326 g/mol. The van der Waals surface area contributed by atoms with Gasteiger partial charge in [-0.15, -0.1) is 11.3 Å². The van der Waals surface area contributed by atoms with Crippen LogP contribution in [0.1, 0.15) is 20.9 Å². The molecule has 0 bridgehead atoms. The standard InChI is InChI=1S/C16H14N4O2S/c21-15(18-14-11-9-22-7-6-12(11)19-20-14)13-8-17-16(23-13)10-4-2-1-3-5-10/h1-5,8H,6-7,9H2,(H2,18,19,20,21). The summed E-state index contributed by atoms with van der Waals surface area (Å²) in [6, 6.07) is 9.80. The van der Waals surface area contributed by atoms with Gasteiger partial charge in [0.2, 0.25) is 0 Å². The van der Waals surface area contributed by atoms with E-state index in [4.69, 9.17) is 4.74 Å². The van der Waals surface area contributed by atoms with Crippen molar-refractivity contribution in [3.05, 3.63) is 52.7 Å². The Morgan fingerprint density at radius 3 is 3.04 bits per heavy atom. The molecule has 6 nitrogen and oxygen atoms in total. The highest BCUT2D eigenvalue weighted by molar-refractivity contribution is 7.17. The number of thiazole rings is 1. The van der Waals surface area contributed by atoms with Crippen molar-refractivity contribution in [2.45, 2.75) is 13.0 Å². The number of aromatic amines is 1. The second kappa shape index (κ2) is 5.94.